The molecule has 2 N–H and O–H groups in total. The lowest BCUT2D eigenvalue weighted by Crippen LogP contribution is -2.39. The van der Waals surface area contributed by atoms with E-state index in [0.717, 1.165) is 44.0 Å². The van der Waals surface area contributed by atoms with Crippen LogP contribution in [0.25, 0.3) is 0 Å². The van der Waals surface area contributed by atoms with Gasteiger partial charge in [0.25, 0.3) is 0 Å². The van der Waals surface area contributed by atoms with Crippen LogP contribution in [0.15, 0.2) is 28.7 Å². The quantitative estimate of drug-likeness (QED) is 0.822. The van der Waals surface area contributed by atoms with Crippen LogP contribution in [-0.4, -0.2) is 37.4 Å². The zero-order valence-electron chi connectivity index (χ0n) is 16.4. The van der Waals surface area contributed by atoms with Crippen LogP contribution in [0, 0.1) is 19.8 Å². The molecule has 0 atom stereocenters. The standard InChI is InChI=1S/C21H27N3O4/c1-14-9-17(15(2)28-14)12-24-7-5-16(6-8-24)11-22-21(25)23-18-3-4-19-20(10-18)27-13-26-19/h3-4,9-10,16H,5-8,11-13H2,1-2H3,(H2,22,23,25). The van der Waals surface area contributed by atoms with Crippen molar-refractivity contribution in [2.75, 3.05) is 31.7 Å². The van der Waals surface area contributed by atoms with E-state index in [9.17, 15) is 4.79 Å². The number of ether oxygens (including phenoxy) is 2. The minimum absolute atomic E-state index is 0.189. The minimum Gasteiger partial charge on any atom is -0.466 e. The van der Waals surface area contributed by atoms with Crippen LogP contribution in [0.1, 0.15) is 29.9 Å². The number of nitrogens with one attached hydrogen (secondary N) is 2. The van der Waals surface area contributed by atoms with E-state index in [2.05, 4.69) is 21.6 Å². The second kappa shape index (κ2) is 8.14. The Balaban J connectivity index is 1.19. The molecule has 0 unspecified atom stereocenters. The number of likely N-dealkylation sites (tertiary alicyclic amines) is 1. The molecule has 28 heavy (non-hydrogen) atoms. The number of piperidine rings is 1. The summed E-state index contributed by atoms with van der Waals surface area (Å²) in [5.41, 5.74) is 1.97. The van der Waals surface area contributed by atoms with Crippen LogP contribution in [0.2, 0.25) is 0 Å². The summed E-state index contributed by atoms with van der Waals surface area (Å²) in [4.78, 5) is 14.6. The highest BCUT2D eigenvalue weighted by molar-refractivity contribution is 5.89. The molecule has 7 heteroatoms. The normalized spacial score (nSPS) is 16.9. The number of anilines is 1. The van der Waals surface area contributed by atoms with Gasteiger partial charge in [-0.25, -0.2) is 4.79 Å². The van der Waals surface area contributed by atoms with Crippen LogP contribution in [0.5, 0.6) is 11.5 Å². The molecule has 3 heterocycles. The Labute approximate surface area is 165 Å². The van der Waals surface area contributed by atoms with Crippen LogP contribution in [0.4, 0.5) is 10.5 Å². The molecule has 0 saturated carbocycles. The second-order valence-corrected chi connectivity index (χ2v) is 7.56. The molecule has 150 valence electrons. The van der Waals surface area contributed by atoms with Crippen molar-refractivity contribution in [3.8, 4) is 11.5 Å². The predicted octanol–water partition coefficient (Wildman–Crippen LogP) is 3.66. The highest BCUT2D eigenvalue weighted by Gasteiger charge is 2.21. The average molecular weight is 385 g/mol. The number of furan rings is 1. The number of fused-ring (bicyclic) bond motifs is 1. The van der Waals surface area contributed by atoms with Crippen molar-refractivity contribution in [2.24, 2.45) is 5.92 Å². The number of carbonyl (C=O) groups is 1. The van der Waals surface area contributed by atoms with E-state index in [1.165, 1.54) is 5.56 Å². The highest BCUT2D eigenvalue weighted by Crippen LogP contribution is 2.34. The number of benzene rings is 1. The molecule has 7 nitrogen and oxygen atoms in total. The smallest absolute Gasteiger partial charge is 0.319 e. The van der Waals surface area contributed by atoms with Gasteiger partial charge in [-0.2, -0.15) is 0 Å². The summed E-state index contributed by atoms with van der Waals surface area (Å²) in [6.07, 6.45) is 2.17. The maximum Gasteiger partial charge on any atom is 0.319 e. The van der Waals surface area contributed by atoms with Crippen LogP contribution < -0.4 is 20.1 Å². The van der Waals surface area contributed by atoms with Crippen molar-refractivity contribution in [3.05, 3.63) is 41.3 Å². The molecule has 1 aromatic carbocycles. The van der Waals surface area contributed by atoms with Crippen LogP contribution in [-0.2, 0) is 6.54 Å². The number of carbonyl (C=O) groups excluding carboxylic acids is 1. The van der Waals surface area contributed by atoms with Gasteiger partial charge in [0, 0.05) is 30.4 Å². The van der Waals surface area contributed by atoms with Gasteiger partial charge in [-0.3, -0.25) is 4.90 Å². The molecule has 0 spiro atoms. The molecule has 4 rings (SSSR count). The van der Waals surface area contributed by atoms with Gasteiger partial charge in [0.15, 0.2) is 11.5 Å². The number of hydrogen-bond acceptors (Lipinski definition) is 5. The maximum absolute atomic E-state index is 12.2. The zero-order chi connectivity index (χ0) is 19.5. The van der Waals surface area contributed by atoms with Crippen molar-refractivity contribution in [3.63, 3.8) is 0 Å². The first-order valence-electron chi connectivity index (χ1n) is 9.79. The number of amides is 2. The third-order valence-electron chi connectivity index (χ3n) is 5.43. The average Bonchev–Trinajstić information content (AvgIpc) is 3.26. The Kier molecular flexibility index (Phi) is 5.43. The van der Waals surface area contributed by atoms with Gasteiger partial charge in [-0.1, -0.05) is 0 Å². The minimum atomic E-state index is -0.189. The van der Waals surface area contributed by atoms with Crippen LogP contribution in [0.3, 0.4) is 0 Å². The SMILES string of the molecule is Cc1cc(CN2CCC(CNC(=O)Nc3ccc4c(c3)OCO4)CC2)c(C)o1. The molecule has 0 radical (unpaired) electrons. The zero-order valence-corrected chi connectivity index (χ0v) is 16.4. The predicted molar refractivity (Wildman–Crippen MR) is 106 cm³/mol. The molecule has 1 aromatic heterocycles. The number of nitrogens with zero attached hydrogens (tertiary/aromatic N) is 1. The van der Waals surface area contributed by atoms with E-state index in [0.29, 0.717) is 29.6 Å². The summed E-state index contributed by atoms with van der Waals surface area (Å²) in [7, 11) is 0. The Morgan fingerprint density at radius 3 is 2.68 bits per heavy atom. The van der Waals surface area contributed by atoms with E-state index < -0.39 is 0 Å². The fraction of sp³-hybridized carbons (Fsp3) is 0.476. The molecule has 1 fully saturated rings. The summed E-state index contributed by atoms with van der Waals surface area (Å²) in [6.45, 7) is 7.95. The molecular weight excluding hydrogens is 358 g/mol. The van der Waals surface area contributed by atoms with Crippen molar-refractivity contribution in [2.45, 2.75) is 33.2 Å². The molecule has 2 aliphatic heterocycles. The van der Waals surface area contributed by atoms with Crippen LogP contribution >= 0.6 is 0 Å². The topological polar surface area (TPSA) is 76.0 Å². The van der Waals surface area contributed by atoms with E-state index in [1.54, 1.807) is 12.1 Å². The summed E-state index contributed by atoms with van der Waals surface area (Å²) in [5, 5.41) is 5.84. The first kappa shape index (κ1) is 18.7. The van der Waals surface area contributed by atoms with E-state index in [-0.39, 0.29) is 12.8 Å². The molecular formula is C21H27N3O4. The van der Waals surface area contributed by atoms with Gasteiger partial charge in [0.05, 0.1) is 0 Å². The number of hydrogen-bond donors (Lipinski definition) is 2. The molecule has 1 saturated heterocycles. The Hall–Kier alpha value is -2.67. The first-order chi connectivity index (χ1) is 13.6. The largest absolute Gasteiger partial charge is 0.466 e. The lowest BCUT2D eigenvalue weighted by molar-refractivity contribution is 0.174. The van der Waals surface area contributed by atoms with Gasteiger partial charge in [-0.15, -0.1) is 0 Å². The van der Waals surface area contributed by atoms with Crippen molar-refractivity contribution < 1.29 is 18.7 Å². The second-order valence-electron chi connectivity index (χ2n) is 7.56. The Morgan fingerprint density at radius 2 is 1.93 bits per heavy atom. The fourth-order valence-electron chi connectivity index (χ4n) is 3.82. The molecule has 2 aromatic rings. The van der Waals surface area contributed by atoms with E-state index in [1.807, 2.05) is 19.9 Å². The van der Waals surface area contributed by atoms with Crippen molar-refractivity contribution in [1.29, 1.82) is 0 Å². The number of urea groups is 1. The van der Waals surface area contributed by atoms with Crippen molar-refractivity contribution >= 4 is 11.7 Å². The van der Waals surface area contributed by atoms with Gasteiger partial charge >= 0.3 is 6.03 Å². The molecule has 0 aliphatic carbocycles. The number of aryl methyl sites for hydroxylation is 2. The maximum atomic E-state index is 12.2. The van der Waals surface area contributed by atoms with Gasteiger partial charge in [0.2, 0.25) is 6.79 Å². The molecule has 2 aliphatic rings. The third-order valence-corrected chi connectivity index (χ3v) is 5.43. The van der Waals surface area contributed by atoms with Gasteiger partial charge in [0.1, 0.15) is 11.5 Å². The molecule has 0 bridgehead atoms. The summed E-state index contributed by atoms with van der Waals surface area (Å²) < 4.78 is 16.2. The Morgan fingerprint density at radius 1 is 1.14 bits per heavy atom. The van der Waals surface area contributed by atoms with Gasteiger partial charge in [-0.05, 0) is 63.9 Å². The van der Waals surface area contributed by atoms with E-state index in [4.69, 9.17) is 13.9 Å². The first-order valence-corrected chi connectivity index (χ1v) is 9.79. The fourth-order valence-corrected chi connectivity index (χ4v) is 3.82. The highest BCUT2D eigenvalue weighted by atomic mass is 16.7. The van der Waals surface area contributed by atoms with Gasteiger partial charge < -0.3 is 24.5 Å². The summed E-state index contributed by atoms with van der Waals surface area (Å²) >= 11 is 0. The lowest BCUT2D eigenvalue weighted by Gasteiger charge is -2.31. The number of rotatable bonds is 5. The molecule has 2 amide bonds. The third kappa shape index (κ3) is 4.42. The summed E-state index contributed by atoms with van der Waals surface area (Å²) in [5.74, 6) is 3.86. The Bertz CT molecular complexity index is 840. The van der Waals surface area contributed by atoms with E-state index >= 15 is 0 Å². The lowest BCUT2D eigenvalue weighted by atomic mass is 9.96. The van der Waals surface area contributed by atoms with Crippen molar-refractivity contribution in [1.82, 2.24) is 10.2 Å². The summed E-state index contributed by atoms with van der Waals surface area (Å²) in [6, 6.07) is 7.33. The monoisotopic (exact) mass is 385 g/mol.